The first-order valence-electron chi connectivity index (χ1n) is 2.89. The van der Waals surface area contributed by atoms with Gasteiger partial charge in [0.1, 0.15) is 0 Å². The molecule has 0 radical (unpaired) electrons. The summed E-state index contributed by atoms with van der Waals surface area (Å²) in [5.41, 5.74) is -0.880. The number of aliphatic hydroxyl groups is 1. The van der Waals surface area contributed by atoms with Gasteiger partial charge in [-0.2, -0.15) is 5.26 Å². The van der Waals surface area contributed by atoms with Gasteiger partial charge in [0.2, 0.25) is 0 Å². The molecular weight excluding hydrogens is 146 g/mol. The summed E-state index contributed by atoms with van der Waals surface area (Å²) in [5.74, 6) is 0. The van der Waals surface area contributed by atoms with Crippen LogP contribution in [0.25, 0.3) is 0 Å². The zero-order valence-electron chi connectivity index (χ0n) is 6.38. The molecule has 0 saturated carbocycles. The highest BCUT2D eigenvalue weighted by atomic mass is 32.2. The van der Waals surface area contributed by atoms with Crippen molar-refractivity contribution in [3.8, 4) is 6.07 Å². The van der Waals surface area contributed by atoms with Crippen LogP contribution in [0.4, 0.5) is 0 Å². The van der Waals surface area contributed by atoms with Crippen LogP contribution in [0.5, 0.6) is 0 Å². The molecule has 56 valence electrons. The number of hydrogen-bond acceptors (Lipinski definition) is 3. The quantitative estimate of drug-likeness (QED) is 0.618. The molecule has 0 amide bonds. The minimum Gasteiger partial charge on any atom is -0.385 e. The Bertz CT molecular complexity index is 173. The van der Waals surface area contributed by atoms with E-state index < -0.39 is 5.60 Å². The molecule has 0 heterocycles. The second kappa shape index (κ2) is 3.65. The summed E-state index contributed by atoms with van der Waals surface area (Å²) in [5, 5.41) is 17.6. The van der Waals surface area contributed by atoms with Gasteiger partial charge in [0.05, 0.1) is 11.7 Å². The highest BCUT2D eigenvalue weighted by Gasteiger charge is 2.17. The van der Waals surface area contributed by atoms with E-state index in [2.05, 4.69) is 0 Å². The number of rotatable bonds is 2. The summed E-state index contributed by atoms with van der Waals surface area (Å²) in [7, 11) is 0. The smallest absolute Gasteiger partial charge is 0.0921 e. The van der Waals surface area contributed by atoms with E-state index in [0.717, 1.165) is 0 Å². The fourth-order valence-electron chi connectivity index (χ4n) is 0.544. The lowest BCUT2D eigenvalue weighted by Gasteiger charge is -2.18. The highest BCUT2D eigenvalue weighted by Crippen LogP contribution is 2.24. The topological polar surface area (TPSA) is 44.0 Å². The van der Waals surface area contributed by atoms with Crippen molar-refractivity contribution in [2.45, 2.75) is 19.4 Å². The van der Waals surface area contributed by atoms with Gasteiger partial charge >= 0.3 is 0 Å². The average Bonchev–Trinajstić information content (AvgIpc) is 1.80. The zero-order chi connectivity index (χ0) is 8.20. The summed E-state index contributed by atoms with van der Waals surface area (Å²) < 4.78 is 0. The lowest BCUT2D eigenvalue weighted by atomic mass is 10.1. The van der Waals surface area contributed by atoms with Crippen LogP contribution in [0, 0.1) is 11.3 Å². The number of allylic oxidation sites excluding steroid dienone is 1. The van der Waals surface area contributed by atoms with E-state index in [9.17, 15) is 5.11 Å². The highest BCUT2D eigenvalue weighted by molar-refractivity contribution is 8.02. The van der Waals surface area contributed by atoms with Crippen molar-refractivity contribution in [2.24, 2.45) is 0 Å². The molecular formula is C7H11NOS. The Hall–Kier alpha value is -0.460. The van der Waals surface area contributed by atoms with Gasteiger partial charge in [0.15, 0.2) is 0 Å². The van der Waals surface area contributed by atoms with Crippen molar-refractivity contribution in [3.63, 3.8) is 0 Å². The average molecular weight is 157 g/mol. The van der Waals surface area contributed by atoms with Crippen LogP contribution in [0.2, 0.25) is 0 Å². The third-order valence-electron chi connectivity index (χ3n) is 1.02. The van der Waals surface area contributed by atoms with Crippen molar-refractivity contribution in [1.82, 2.24) is 0 Å². The standard InChI is InChI=1S/C7H11NOS/c1-7(2,9)6(10-3)4-5-8/h4,9H,1-3H3/b6-4-. The maximum absolute atomic E-state index is 9.37. The number of hydrogen-bond donors (Lipinski definition) is 1. The molecule has 0 unspecified atom stereocenters. The van der Waals surface area contributed by atoms with Gasteiger partial charge in [0.25, 0.3) is 0 Å². The van der Waals surface area contributed by atoms with Gasteiger partial charge in [-0.05, 0) is 20.1 Å². The Balaban J connectivity index is 4.41. The summed E-state index contributed by atoms with van der Waals surface area (Å²) in [4.78, 5) is 0.690. The Labute approximate surface area is 65.5 Å². The van der Waals surface area contributed by atoms with Gasteiger partial charge in [0, 0.05) is 11.0 Å². The van der Waals surface area contributed by atoms with E-state index in [1.165, 1.54) is 17.8 Å². The van der Waals surface area contributed by atoms with E-state index in [1.54, 1.807) is 13.8 Å². The fraction of sp³-hybridized carbons (Fsp3) is 0.571. The van der Waals surface area contributed by atoms with Gasteiger partial charge in [-0.25, -0.2) is 0 Å². The van der Waals surface area contributed by atoms with E-state index in [1.807, 2.05) is 12.3 Å². The maximum Gasteiger partial charge on any atom is 0.0921 e. The van der Waals surface area contributed by atoms with Gasteiger partial charge in [-0.3, -0.25) is 0 Å². The van der Waals surface area contributed by atoms with Crippen LogP contribution in [-0.4, -0.2) is 17.0 Å². The Morgan fingerprint density at radius 2 is 2.20 bits per heavy atom. The molecule has 0 aromatic carbocycles. The van der Waals surface area contributed by atoms with E-state index in [-0.39, 0.29) is 0 Å². The normalized spacial score (nSPS) is 12.9. The first-order valence-corrected chi connectivity index (χ1v) is 4.11. The van der Waals surface area contributed by atoms with E-state index >= 15 is 0 Å². The van der Waals surface area contributed by atoms with Crippen LogP contribution in [-0.2, 0) is 0 Å². The predicted octanol–water partition coefficient (Wildman–Crippen LogP) is 1.53. The molecule has 0 fully saturated rings. The monoisotopic (exact) mass is 157 g/mol. The summed E-state index contributed by atoms with van der Waals surface area (Å²) in [6.45, 7) is 3.32. The Morgan fingerprint density at radius 3 is 2.30 bits per heavy atom. The van der Waals surface area contributed by atoms with Crippen LogP contribution >= 0.6 is 11.8 Å². The fourth-order valence-corrected chi connectivity index (χ4v) is 1.21. The van der Waals surface area contributed by atoms with Gasteiger partial charge in [-0.15, -0.1) is 11.8 Å². The molecule has 0 rings (SSSR count). The molecule has 0 aromatic rings. The summed E-state index contributed by atoms with van der Waals surface area (Å²) in [6, 6.07) is 1.88. The molecule has 3 heteroatoms. The molecule has 0 aliphatic rings. The minimum absolute atomic E-state index is 0.690. The van der Waals surface area contributed by atoms with Crippen LogP contribution in [0.15, 0.2) is 11.0 Å². The van der Waals surface area contributed by atoms with E-state index in [4.69, 9.17) is 5.26 Å². The van der Waals surface area contributed by atoms with Crippen LogP contribution in [0.1, 0.15) is 13.8 Å². The van der Waals surface area contributed by atoms with Crippen LogP contribution < -0.4 is 0 Å². The van der Waals surface area contributed by atoms with Gasteiger partial charge in [-0.1, -0.05) is 0 Å². The molecule has 10 heavy (non-hydrogen) atoms. The summed E-state index contributed by atoms with van der Waals surface area (Å²) >= 11 is 1.39. The maximum atomic E-state index is 9.37. The minimum atomic E-state index is -0.880. The first kappa shape index (κ1) is 9.54. The molecule has 0 aromatic heterocycles. The predicted molar refractivity (Wildman–Crippen MR) is 43.5 cm³/mol. The molecule has 1 N–H and O–H groups in total. The molecule has 0 saturated heterocycles. The lowest BCUT2D eigenvalue weighted by molar-refractivity contribution is 0.129. The second-order valence-corrected chi connectivity index (χ2v) is 3.25. The van der Waals surface area contributed by atoms with Crippen molar-refractivity contribution < 1.29 is 5.11 Å². The van der Waals surface area contributed by atoms with Crippen LogP contribution in [0.3, 0.4) is 0 Å². The third-order valence-corrected chi connectivity index (χ3v) is 2.08. The molecule has 0 aliphatic heterocycles. The third kappa shape index (κ3) is 2.90. The van der Waals surface area contributed by atoms with Crippen molar-refractivity contribution in [3.05, 3.63) is 11.0 Å². The SMILES string of the molecule is CS/C(=C\C#N)C(C)(C)O. The Kier molecular flexibility index (Phi) is 3.48. The van der Waals surface area contributed by atoms with Crippen molar-refractivity contribution >= 4 is 11.8 Å². The molecule has 0 aliphatic carbocycles. The first-order chi connectivity index (χ1) is 4.52. The number of nitriles is 1. The molecule has 0 atom stereocenters. The Morgan fingerprint density at radius 1 is 1.70 bits per heavy atom. The summed E-state index contributed by atoms with van der Waals surface area (Å²) in [6.07, 6.45) is 3.20. The number of thioether (sulfide) groups is 1. The zero-order valence-corrected chi connectivity index (χ0v) is 7.20. The van der Waals surface area contributed by atoms with Gasteiger partial charge < -0.3 is 5.11 Å². The lowest BCUT2D eigenvalue weighted by Crippen LogP contribution is -2.19. The molecule has 2 nitrogen and oxygen atoms in total. The van der Waals surface area contributed by atoms with Crippen molar-refractivity contribution in [2.75, 3.05) is 6.26 Å². The number of nitrogens with zero attached hydrogens (tertiary/aromatic N) is 1. The molecule has 0 bridgehead atoms. The second-order valence-electron chi connectivity index (χ2n) is 2.40. The van der Waals surface area contributed by atoms with Crippen molar-refractivity contribution in [1.29, 1.82) is 5.26 Å². The van der Waals surface area contributed by atoms with E-state index in [0.29, 0.717) is 4.91 Å². The largest absolute Gasteiger partial charge is 0.385 e. The molecule has 0 spiro atoms.